The number of hydrogen-bond donors (Lipinski definition) is 0. The lowest BCUT2D eigenvalue weighted by atomic mass is 9.91. The van der Waals surface area contributed by atoms with Crippen LogP contribution >= 0.6 is 0 Å². The highest BCUT2D eigenvalue weighted by molar-refractivity contribution is 7.90. The van der Waals surface area contributed by atoms with E-state index in [-0.39, 0.29) is 0 Å². The minimum Gasteiger partial charge on any atom is -0.224 e. The van der Waals surface area contributed by atoms with Crippen LogP contribution in [-0.2, 0) is 16.3 Å². The first-order valence-corrected chi connectivity index (χ1v) is 7.49. The SMILES string of the molecule is CC(C)[C@@H](C)Cc1cccc(S(C)(=O)=O)c1. The molecule has 0 fully saturated rings. The molecule has 0 bridgehead atoms. The molecule has 1 aromatic carbocycles. The first-order valence-electron chi connectivity index (χ1n) is 5.59. The lowest BCUT2D eigenvalue weighted by molar-refractivity contribution is 0.417. The maximum absolute atomic E-state index is 11.4. The van der Waals surface area contributed by atoms with Gasteiger partial charge in [0.1, 0.15) is 0 Å². The number of rotatable bonds is 4. The van der Waals surface area contributed by atoms with Crippen LogP contribution < -0.4 is 0 Å². The third kappa shape index (κ3) is 3.63. The van der Waals surface area contributed by atoms with Crippen molar-refractivity contribution >= 4 is 9.84 Å². The molecule has 2 nitrogen and oxygen atoms in total. The molecular weight excluding hydrogens is 220 g/mol. The molecule has 16 heavy (non-hydrogen) atoms. The summed E-state index contributed by atoms with van der Waals surface area (Å²) >= 11 is 0. The maximum Gasteiger partial charge on any atom is 0.175 e. The topological polar surface area (TPSA) is 34.1 Å². The van der Waals surface area contributed by atoms with E-state index in [1.807, 2.05) is 12.1 Å². The summed E-state index contributed by atoms with van der Waals surface area (Å²) in [7, 11) is -3.08. The van der Waals surface area contributed by atoms with Gasteiger partial charge in [0.15, 0.2) is 9.84 Å². The van der Waals surface area contributed by atoms with Gasteiger partial charge in [-0.15, -0.1) is 0 Å². The van der Waals surface area contributed by atoms with E-state index < -0.39 is 9.84 Å². The summed E-state index contributed by atoms with van der Waals surface area (Å²) in [6.45, 7) is 6.56. The molecule has 3 heteroatoms. The lowest BCUT2D eigenvalue weighted by Gasteiger charge is -2.15. The van der Waals surface area contributed by atoms with Crippen molar-refractivity contribution in [2.75, 3.05) is 6.26 Å². The molecule has 0 aliphatic carbocycles. The van der Waals surface area contributed by atoms with E-state index in [9.17, 15) is 8.42 Å². The summed E-state index contributed by atoms with van der Waals surface area (Å²) in [5.41, 5.74) is 1.10. The fourth-order valence-electron chi connectivity index (χ4n) is 1.51. The zero-order valence-electron chi connectivity index (χ0n) is 10.4. The van der Waals surface area contributed by atoms with E-state index in [4.69, 9.17) is 0 Å². The van der Waals surface area contributed by atoms with Gasteiger partial charge < -0.3 is 0 Å². The van der Waals surface area contributed by atoms with E-state index in [1.54, 1.807) is 12.1 Å². The van der Waals surface area contributed by atoms with Crippen LogP contribution in [-0.4, -0.2) is 14.7 Å². The normalized spacial score (nSPS) is 14.1. The largest absolute Gasteiger partial charge is 0.224 e. The molecular formula is C13H20O2S. The van der Waals surface area contributed by atoms with E-state index in [0.29, 0.717) is 16.7 Å². The van der Waals surface area contributed by atoms with Crippen LogP contribution in [0.4, 0.5) is 0 Å². The van der Waals surface area contributed by atoms with Crippen molar-refractivity contribution in [2.24, 2.45) is 11.8 Å². The van der Waals surface area contributed by atoms with Gasteiger partial charge >= 0.3 is 0 Å². The molecule has 0 heterocycles. The Labute approximate surface area is 98.6 Å². The molecule has 0 spiro atoms. The molecule has 0 unspecified atom stereocenters. The van der Waals surface area contributed by atoms with Gasteiger partial charge in [-0.05, 0) is 36.0 Å². The van der Waals surface area contributed by atoms with Gasteiger partial charge in [-0.1, -0.05) is 32.9 Å². The Bertz CT molecular complexity index is 447. The maximum atomic E-state index is 11.4. The highest BCUT2D eigenvalue weighted by Gasteiger charge is 2.11. The molecule has 90 valence electrons. The van der Waals surface area contributed by atoms with Crippen molar-refractivity contribution in [1.29, 1.82) is 0 Å². The van der Waals surface area contributed by atoms with E-state index in [1.165, 1.54) is 6.26 Å². The number of benzene rings is 1. The number of sulfone groups is 1. The van der Waals surface area contributed by atoms with E-state index in [0.717, 1.165) is 12.0 Å². The summed E-state index contributed by atoms with van der Waals surface area (Å²) in [5.74, 6) is 1.18. The van der Waals surface area contributed by atoms with Crippen LogP contribution in [0.25, 0.3) is 0 Å². The Morgan fingerprint density at radius 1 is 1.19 bits per heavy atom. The van der Waals surface area contributed by atoms with Gasteiger partial charge in [-0.25, -0.2) is 8.42 Å². The van der Waals surface area contributed by atoms with Crippen LogP contribution in [0.15, 0.2) is 29.2 Å². The first kappa shape index (κ1) is 13.2. The van der Waals surface area contributed by atoms with Gasteiger partial charge in [0.2, 0.25) is 0 Å². The molecule has 0 saturated carbocycles. The molecule has 0 radical (unpaired) electrons. The highest BCUT2D eigenvalue weighted by atomic mass is 32.2. The lowest BCUT2D eigenvalue weighted by Crippen LogP contribution is -2.08. The first-order chi connectivity index (χ1) is 7.30. The highest BCUT2D eigenvalue weighted by Crippen LogP contribution is 2.18. The van der Waals surface area contributed by atoms with Crippen LogP contribution in [0.2, 0.25) is 0 Å². The van der Waals surface area contributed by atoms with Gasteiger partial charge in [0.25, 0.3) is 0 Å². The van der Waals surface area contributed by atoms with Gasteiger partial charge in [0.05, 0.1) is 4.90 Å². The molecule has 0 aliphatic rings. The molecule has 0 amide bonds. The average molecular weight is 240 g/mol. The second-order valence-electron chi connectivity index (χ2n) is 4.84. The Kier molecular flexibility index (Phi) is 4.14. The number of hydrogen-bond acceptors (Lipinski definition) is 2. The standard InChI is InChI=1S/C13H20O2S/c1-10(2)11(3)8-12-6-5-7-13(9-12)16(4,14)15/h5-7,9-11H,8H2,1-4H3/t11-/m0/s1. The fourth-order valence-corrected chi connectivity index (χ4v) is 2.20. The minimum absolute atomic E-state index is 0.418. The summed E-state index contributed by atoms with van der Waals surface area (Å²) in [5, 5.41) is 0. The quantitative estimate of drug-likeness (QED) is 0.811. The molecule has 0 aromatic heterocycles. The van der Waals surface area contributed by atoms with Crippen molar-refractivity contribution in [3.05, 3.63) is 29.8 Å². The molecule has 1 atom stereocenters. The molecule has 1 rings (SSSR count). The van der Waals surface area contributed by atoms with Crippen molar-refractivity contribution in [2.45, 2.75) is 32.1 Å². The summed E-state index contributed by atoms with van der Waals surface area (Å²) in [4.78, 5) is 0.418. The van der Waals surface area contributed by atoms with Crippen molar-refractivity contribution in [3.8, 4) is 0 Å². The van der Waals surface area contributed by atoms with Crippen LogP contribution in [0.1, 0.15) is 26.3 Å². The molecule has 0 N–H and O–H groups in total. The Morgan fingerprint density at radius 3 is 2.31 bits per heavy atom. The Balaban J connectivity index is 2.92. The predicted octanol–water partition coefficient (Wildman–Crippen LogP) is 2.92. The fraction of sp³-hybridized carbons (Fsp3) is 0.538. The third-order valence-electron chi connectivity index (χ3n) is 3.02. The molecule has 0 aliphatic heterocycles. The monoisotopic (exact) mass is 240 g/mol. The smallest absolute Gasteiger partial charge is 0.175 e. The van der Waals surface area contributed by atoms with Gasteiger partial charge in [-0.2, -0.15) is 0 Å². The molecule has 1 aromatic rings. The van der Waals surface area contributed by atoms with Crippen LogP contribution in [0, 0.1) is 11.8 Å². The summed E-state index contributed by atoms with van der Waals surface area (Å²) < 4.78 is 22.8. The molecule has 0 saturated heterocycles. The second-order valence-corrected chi connectivity index (χ2v) is 6.86. The average Bonchev–Trinajstić information content (AvgIpc) is 2.16. The Morgan fingerprint density at radius 2 is 1.81 bits per heavy atom. The van der Waals surface area contributed by atoms with E-state index in [2.05, 4.69) is 20.8 Å². The minimum atomic E-state index is -3.08. The zero-order valence-corrected chi connectivity index (χ0v) is 11.2. The summed E-state index contributed by atoms with van der Waals surface area (Å²) in [6, 6.07) is 7.25. The predicted molar refractivity (Wildman–Crippen MR) is 67.3 cm³/mol. The van der Waals surface area contributed by atoms with Gasteiger partial charge in [-0.3, -0.25) is 0 Å². The van der Waals surface area contributed by atoms with Crippen molar-refractivity contribution in [3.63, 3.8) is 0 Å². The van der Waals surface area contributed by atoms with Gasteiger partial charge in [0, 0.05) is 6.26 Å². The Hall–Kier alpha value is -0.830. The summed E-state index contributed by atoms with van der Waals surface area (Å²) in [6.07, 6.45) is 2.18. The van der Waals surface area contributed by atoms with Crippen molar-refractivity contribution < 1.29 is 8.42 Å². The van der Waals surface area contributed by atoms with Crippen molar-refractivity contribution in [1.82, 2.24) is 0 Å². The van der Waals surface area contributed by atoms with E-state index >= 15 is 0 Å². The van der Waals surface area contributed by atoms with Crippen LogP contribution in [0.5, 0.6) is 0 Å². The second kappa shape index (κ2) is 5.00. The van der Waals surface area contributed by atoms with Crippen LogP contribution in [0.3, 0.4) is 0 Å². The zero-order chi connectivity index (χ0) is 12.3. The third-order valence-corrected chi connectivity index (χ3v) is 4.13.